The van der Waals surface area contributed by atoms with Gasteiger partial charge in [-0.3, -0.25) is 4.79 Å². The number of nitrogens with zero attached hydrogens (tertiary/aromatic N) is 2. The molecule has 0 saturated carbocycles. The Kier molecular flexibility index (Phi) is 8.57. The number of methoxy groups -OCH3 is 1. The lowest BCUT2D eigenvalue weighted by atomic mass is 10.1. The monoisotopic (exact) mass is 438 g/mol. The molecule has 7 nitrogen and oxygen atoms in total. The molecule has 2 N–H and O–H groups in total. The largest absolute Gasteiger partial charge is 0.383 e. The summed E-state index contributed by atoms with van der Waals surface area (Å²) in [6, 6.07) is 19.0. The highest BCUT2D eigenvalue weighted by Crippen LogP contribution is 2.14. The van der Waals surface area contributed by atoms with Crippen LogP contribution in [0.1, 0.15) is 21.1 Å². The standard InChI is InChI=1S/C23H26N4O3S/c1-30-15-14-27(23(29)25-19-10-6-3-7-11-19)16-21-26-20(17-31-21)22(28)24-13-12-18-8-4-2-5-9-18/h2-11,17H,12-16H2,1H3,(H,24,28)(H,25,29). The van der Waals surface area contributed by atoms with Crippen molar-refractivity contribution >= 4 is 29.0 Å². The third-order valence-electron chi connectivity index (χ3n) is 4.53. The Labute approximate surface area is 186 Å². The van der Waals surface area contributed by atoms with Gasteiger partial charge in [0, 0.05) is 31.3 Å². The van der Waals surface area contributed by atoms with Crippen LogP contribution in [-0.2, 0) is 17.7 Å². The summed E-state index contributed by atoms with van der Waals surface area (Å²) in [7, 11) is 1.59. The van der Waals surface area contributed by atoms with E-state index in [0.29, 0.717) is 42.6 Å². The number of aromatic nitrogens is 1. The van der Waals surface area contributed by atoms with Crippen LogP contribution in [0.4, 0.5) is 10.5 Å². The molecule has 0 atom stereocenters. The van der Waals surface area contributed by atoms with Crippen LogP contribution in [0.3, 0.4) is 0 Å². The van der Waals surface area contributed by atoms with Crippen molar-refractivity contribution < 1.29 is 14.3 Å². The minimum absolute atomic E-state index is 0.212. The van der Waals surface area contributed by atoms with E-state index in [2.05, 4.69) is 15.6 Å². The van der Waals surface area contributed by atoms with Crippen molar-refractivity contribution in [3.05, 3.63) is 82.3 Å². The van der Waals surface area contributed by atoms with Gasteiger partial charge in [-0.1, -0.05) is 48.5 Å². The number of rotatable bonds is 10. The maximum Gasteiger partial charge on any atom is 0.322 e. The zero-order valence-corrected chi connectivity index (χ0v) is 18.2. The average molecular weight is 439 g/mol. The molecule has 0 saturated heterocycles. The second kappa shape index (κ2) is 11.8. The summed E-state index contributed by atoms with van der Waals surface area (Å²) in [6.45, 7) is 1.65. The molecule has 3 aromatic rings. The highest BCUT2D eigenvalue weighted by atomic mass is 32.1. The molecule has 0 unspecified atom stereocenters. The predicted molar refractivity (Wildman–Crippen MR) is 122 cm³/mol. The summed E-state index contributed by atoms with van der Waals surface area (Å²) >= 11 is 1.36. The fraction of sp³-hybridized carbons (Fsp3) is 0.261. The smallest absolute Gasteiger partial charge is 0.322 e. The number of anilines is 1. The van der Waals surface area contributed by atoms with Gasteiger partial charge in [0.25, 0.3) is 5.91 Å². The van der Waals surface area contributed by atoms with Crippen molar-refractivity contribution in [2.75, 3.05) is 32.1 Å². The fourth-order valence-corrected chi connectivity index (χ4v) is 3.67. The van der Waals surface area contributed by atoms with Crippen LogP contribution in [0.15, 0.2) is 66.0 Å². The molecule has 162 valence electrons. The zero-order valence-electron chi connectivity index (χ0n) is 17.4. The van der Waals surface area contributed by atoms with E-state index >= 15 is 0 Å². The zero-order chi connectivity index (χ0) is 21.9. The van der Waals surface area contributed by atoms with E-state index in [-0.39, 0.29) is 11.9 Å². The highest BCUT2D eigenvalue weighted by Gasteiger charge is 2.17. The molecule has 0 spiro atoms. The molecule has 0 aliphatic carbocycles. The van der Waals surface area contributed by atoms with Gasteiger partial charge in [0.05, 0.1) is 13.2 Å². The maximum absolute atomic E-state index is 12.7. The Morgan fingerprint density at radius 2 is 1.77 bits per heavy atom. The van der Waals surface area contributed by atoms with E-state index in [4.69, 9.17) is 4.74 Å². The van der Waals surface area contributed by atoms with E-state index in [1.807, 2.05) is 60.7 Å². The summed E-state index contributed by atoms with van der Waals surface area (Å²) in [5.41, 5.74) is 2.25. The molecule has 0 radical (unpaired) electrons. The van der Waals surface area contributed by atoms with Crippen LogP contribution >= 0.6 is 11.3 Å². The molecule has 0 fully saturated rings. The SMILES string of the molecule is COCCN(Cc1nc(C(=O)NCCc2ccccc2)cs1)C(=O)Nc1ccccc1. The van der Waals surface area contributed by atoms with Gasteiger partial charge in [-0.15, -0.1) is 11.3 Å². The van der Waals surface area contributed by atoms with Gasteiger partial charge in [0.2, 0.25) is 0 Å². The molecule has 31 heavy (non-hydrogen) atoms. The van der Waals surface area contributed by atoms with E-state index in [1.54, 1.807) is 17.4 Å². The number of nitrogens with one attached hydrogen (secondary N) is 2. The Morgan fingerprint density at radius 1 is 1.06 bits per heavy atom. The van der Waals surface area contributed by atoms with Crippen LogP contribution < -0.4 is 10.6 Å². The van der Waals surface area contributed by atoms with Crippen molar-refractivity contribution in [2.24, 2.45) is 0 Å². The van der Waals surface area contributed by atoms with Gasteiger partial charge in [-0.05, 0) is 24.1 Å². The first-order valence-electron chi connectivity index (χ1n) is 10.0. The lowest BCUT2D eigenvalue weighted by Gasteiger charge is -2.21. The van der Waals surface area contributed by atoms with Crippen molar-refractivity contribution in [3.63, 3.8) is 0 Å². The van der Waals surface area contributed by atoms with Gasteiger partial charge in [0.1, 0.15) is 10.7 Å². The third-order valence-corrected chi connectivity index (χ3v) is 5.36. The summed E-state index contributed by atoms with van der Waals surface area (Å²) in [4.78, 5) is 31.1. The molecule has 2 aromatic carbocycles. The second-order valence-electron chi connectivity index (χ2n) is 6.83. The molecule has 3 rings (SSSR count). The van der Waals surface area contributed by atoms with E-state index < -0.39 is 0 Å². The Balaban J connectivity index is 1.55. The van der Waals surface area contributed by atoms with Crippen molar-refractivity contribution in [1.82, 2.24) is 15.2 Å². The first kappa shape index (κ1) is 22.5. The molecular formula is C23H26N4O3S. The topological polar surface area (TPSA) is 83.6 Å². The lowest BCUT2D eigenvalue weighted by Crippen LogP contribution is -2.36. The molecule has 1 heterocycles. The number of carbonyl (C=O) groups is 2. The first-order chi connectivity index (χ1) is 15.2. The third kappa shape index (κ3) is 7.20. The normalized spacial score (nSPS) is 10.5. The number of hydrogen-bond acceptors (Lipinski definition) is 5. The van der Waals surface area contributed by atoms with Crippen LogP contribution in [-0.4, -0.2) is 48.6 Å². The van der Waals surface area contributed by atoms with Gasteiger partial charge in [-0.2, -0.15) is 0 Å². The van der Waals surface area contributed by atoms with Crippen molar-refractivity contribution in [3.8, 4) is 0 Å². The number of ether oxygens (including phenoxy) is 1. The van der Waals surface area contributed by atoms with Gasteiger partial charge in [0.15, 0.2) is 0 Å². The van der Waals surface area contributed by atoms with E-state index in [0.717, 1.165) is 6.42 Å². The fourth-order valence-electron chi connectivity index (χ4n) is 2.88. The average Bonchev–Trinajstić information content (AvgIpc) is 3.26. The molecule has 0 aliphatic rings. The van der Waals surface area contributed by atoms with E-state index in [1.165, 1.54) is 16.9 Å². The maximum atomic E-state index is 12.7. The Morgan fingerprint density at radius 3 is 2.48 bits per heavy atom. The molecule has 0 bridgehead atoms. The van der Waals surface area contributed by atoms with Gasteiger partial charge >= 0.3 is 6.03 Å². The molecular weight excluding hydrogens is 412 g/mol. The lowest BCUT2D eigenvalue weighted by molar-refractivity contribution is 0.0949. The van der Waals surface area contributed by atoms with Crippen LogP contribution in [0.2, 0.25) is 0 Å². The van der Waals surface area contributed by atoms with Crippen LogP contribution in [0.5, 0.6) is 0 Å². The van der Waals surface area contributed by atoms with Crippen molar-refractivity contribution in [1.29, 1.82) is 0 Å². The number of hydrogen-bond donors (Lipinski definition) is 2. The predicted octanol–water partition coefficient (Wildman–Crippen LogP) is 3.80. The number of amides is 3. The Hall–Kier alpha value is -3.23. The van der Waals surface area contributed by atoms with Gasteiger partial charge in [-0.25, -0.2) is 9.78 Å². The van der Waals surface area contributed by atoms with Crippen molar-refractivity contribution in [2.45, 2.75) is 13.0 Å². The van der Waals surface area contributed by atoms with Crippen LogP contribution in [0, 0.1) is 0 Å². The summed E-state index contributed by atoms with van der Waals surface area (Å²) < 4.78 is 5.13. The Bertz CT molecular complexity index is 963. The van der Waals surface area contributed by atoms with Gasteiger partial charge < -0.3 is 20.3 Å². The molecule has 0 aliphatic heterocycles. The molecule has 1 aromatic heterocycles. The van der Waals surface area contributed by atoms with E-state index in [9.17, 15) is 9.59 Å². The summed E-state index contributed by atoms with van der Waals surface area (Å²) in [6.07, 6.45) is 0.758. The second-order valence-corrected chi connectivity index (χ2v) is 7.77. The first-order valence-corrected chi connectivity index (χ1v) is 10.9. The minimum atomic E-state index is -0.243. The minimum Gasteiger partial charge on any atom is -0.383 e. The summed E-state index contributed by atoms with van der Waals surface area (Å²) in [5.74, 6) is -0.212. The molecule has 3 amide bonds. The quantitative estimate of drug-likeness (QED) is 0.504. The molecule has 8 heteroatoms. The number of urea groups is 1. The number of benzene rings is 2. The number of thiazole rings is 1. The summed E-state index contributed by atoms with van der Waals surface area (Å²) in [5, 5.41) is 8.18. The van der Waals surface area contributed by atoms with Crippen LogP contribution in [0.25, 0.3) is 0 Å². The highest BCUT2D eigenvalue weighted by molar-refractivity contribution is 7.09. The number of para-hydroxylation sites is 1. The number of carbonyl (C=O) groups excluding carboxylic acids is 2.